The molecular formula is C13H17FN2O2. The van der Waals surface area contributed by atoms with Crippen molar-refractivity contribution in [3.63, 3.8) is 0 Å². The predicted octanol–water partition coefficient (Wildman–Crippen LogP) is 1.52. The maximum Gasteiger partial charge on any atom is 0.251 e. The van der Waals surface area contributed by atoms with Crippen molar-refractivity contribution in [2.45, 2.75) is 32.7 Å². The fourth-order valence-electron chi connectivity index (χ4n) is 1.74. The topological polar surface area (TPSA) is 72.2 Å². The van der Waals surface area contributed by atoms with E-state index in [1.165, 1.54) is 18.2 Å². The summed E-state index contributed by atoms with van der Waals surface area (Å²) in [6, 6.07) is 3.93. The van der Waals surface area contributed by atoms with Crippen molar-refractivity contribution in [2.75, 3.05) is 0 Å². The van der Waals surface area contributed by atoms with Gasteiger partial charge in [-0.25, -0.2) is 4.39 Å². The number of rotatable bonds is 4. The lowest BCUT2D eigenvalue weighted by Gasteiger charge is -2.25. The molecule has 0 heterocycles. The summed E-state index contributed by atoms with van der Waals surface area (Å²) in [5.74, 6) is -1.23. The Morgan fingerprint density at radius 2 is 2.00 bits per heavy atom. The van der Waals surface area contributed by atoms with Crippen LogP contribution in [0, 0.1) is 12.7 Å². The zero-order valence-corrected chi connectivity index (χ0v) is 10.7. The summed E-state index contributed by atoms with van der Waals surface area (Å²) in [5, 5.41) is 2.70. The van der Waals surface area contributed by atoms with Crippen LogP contribution in [-0.2, 0) is 4.79 Å². The van der Waals surface area contributed by atoms with Gasteiger partial charge in [-0.3, -0.25) is 9.59 Å². The Hall–Kier alpha value is -1.91. The minimum absolute atomic E-state index is 0.0407. The summed E-state index contributed by atoms with van der Waals surface area (Å²) >= 11 is 0. The van der Waals surface area contributed by atoms with E-state index in [0.717, 1.165) is 0 Å². The Morgan fingerprint density at radius 3 is 2.50 bits per heavy atom. The molecule has 3 N–H and O–H groups in total. The van der Waals surface area contributed by atoms with Crippen LogP contribution in [0.15, 0.2) is 18.2 Å². The third kappa shape index (κ3) is 3.84. The van der Waals surface area contributed by atoms with Gasteiger partial charge in [0.25, 0.3) is 5.91 Å². The first kappa shape index (κ1) is 14.2. The van der Waals surface area contributed by atoms with Crippen LogP contribution in [0.1, 0.15) is 36.2 Å². The number of primary amides is 1. The van der Waals surface area contributed by atoms with Crippen molar-refractivity contribution < 1.29 is 14.0 Å². The highest BCUT2D eigenvalue weighted by Gasteiger charge is 2.24. The quantitative estimate of drug-likeness (QED) is 0.852. The van der Waals surface area contributed by atoms with Gasteiger partial charge in [0, 0.05) is 17.5 Å². The molecule has 0 fully saturated rings. The molecule has 0 bridgehead atoms. The van der Waals surface area contributed by atoms with E-state index in [1.54, 1.807) is 20.8 Å². The molecule has 98 valence electrons. The smallest absolute Gasteiger partial charge is 0.251 e. The van der Waals surface area contributed by atoms with Crippen molar-refractivity contribution >= 4 is 11.8 Å². The molecule has 0 aliphatic rings. The van der Waals surface area contributed by atoms with E-state index < -0.39 is 11.4 Å². The average molecular weight is 252 g/mol. The molecule has 0 saturated heterocycles. The highest BCUT2D eigenvalue weighted by molar-refractivity contribution is 5.96. The molecule has 0 atom stereocenters. The lowest BCUT2D eigenvalue weighted by Crippen LogP contribution is -2.46. The Kier molecular flexibility index (Phi) is 4.06. The second-order valence-corrected chi connectivity index (χ2v) is 4.94. The first-order valence-electron chi connectivity index (χ1n) is 5.58. The number of benzene rings is 1. The Bertz CT molecular complexity index is 484. The van der Waals surface area contributed by atoms with Crippen LogP contribution in [0.3, 0.4) is 0 Å². The van der Waals surface area contributed by atoms with Crippen LogP contribution in [-0.4, -0.2) is 17.4 Å². The minimum atomic E-state index is -0.732. The number of aryl methyl sites for hydroxylation is 1. The van der Waals surface area contributed by atoms with Gasteiger partial charge in [0.15, 0.2) is 0 Å². The molecule has 4 nitrogen and oxygen atoms in total. The molecule has 1 rings (SSSR count). The van der Waals surface area contributed by atoms with Gasteiger partial charge in [0.2, 0.25) is 5.91 Å². The number of hydrogen-bond acceptors (Lipinski definition) is 2. The molecule has 0 unspecified atom stereocenters. The highest BCUT2D eigenvalue weighted by Crippen LogP contribution is 2.13. The summed E-state index contributed by atoms with van der Waals surface area (Å²) < 4.78 is 12.9. The number of carbonyl (C=O) groups is 2. The van der Waals surface area contributed by atoms with Gasteiger partial charge in [-0.15, -0.1) is 0 Å². The molecular weight excluding hydrogens is 235 g/mol. The maximum absolute atomic E-state index is 12.9. The normalized spacial score (nSPS) is 11.1. The second kappa shape index (κ2) is 5.16. The van der Waals surface area contributed by atoms with Gasteiger partial charge in [-0.1, -0.05) is 0 Å². The first-order valence-corrected chi connectivity index (χ1v) is 5.58. The predicted molar refractivity (Wildman–Crippen MR) is 66.5 cm³/mol. The lowest BCUT2D eigenvalue weighted by molar-refractivity contribution is -0.119. The Balaban J connectivity index is 2.85. The molecule has 18 heavy (non-hydrogen) atoms. The number of nitrogens with one attached hydrogen (secondary N) is 1. The van der Waals surface area contributed by atoms with Crippen LogP contribution in [0.25, 0.3) is 0 Å². The van der Waals surface area contributed by atoms with Gasteiger partial charge >= 0.3 is 0 Å². The molecule has 0 spiro atoms. The number of nitrogens with two attached hydrogens (primary N) is 1. The van der Waals surface area contributed by atoms with E-state index in [0.29, 0.717) is 11.1 Å². The molecule has 1 aromatic carbocycles. The minimum Gasteiger partial charge on any atom is -0.370 e. The summed E-state index contributed by atoms with van der Waals surface area (Å²) in [4.78, 5) is 22.9. The third-order valence-electron chi connectivity index (χ3n) is 2.50. The number of carbonyl (C=O) groups excluding carboxylic acids is 2. The fourth-order valence-corrected chi connectivity index (χ4v) is 1.74. The fraction of sp³-hybridized carbons (Fsp3) is 0.385. The van der Waals surface area contributed by atoms with Gasteiger partial charge < -0.3 is 11.1 Å². The van der Waals surface area contributed by atoms with Crippen molar-refractivity contribution in [1.29, 1.82) is 0 Å². The van der Waals surface area contributed by atoms with E-state index in [1.807, 2.05) is 0 Å². The van der Waals surface area contributed by atoms with E-state index in [4.69, 9.17) is 5.73 Å². The maximum atomic E-state index is 12.9. The summed E-state index contributed by atoms with van der Waals surface area (Å²) in [6.07, 6.45) is 0.0407. The summed E-state index contributed by atoms with van der Waals surface area (Å²) in [5.41, 5.74) is 5.30. The molecule has 1 aromatic rings. The van der Waals surface area contributed by atoms with Crippen LogP contribution < -0.4 is 11.1 Å². The van der Waals surface area contributed by atoms with Crippen molar-refractivity contribution in [3.05, 3.63) is 35.1 Å². The molecule has 0 aliphatic carbocycles. The van der Waals surface area contributed by atoms with Crippen LogP contribution >= 0.6 is 0 Å². The van der Waals surface area contributed by atoms with Crippen LogP contribution in [0.2, 0.25) is 0 Å². The second-order valence-electron chi connectivity index (χ2n) is 4.94. The molecule has 0 radical (unpaired) electrons. The monoisotopic (exact) mass is 252 g/mol. The summed E-state index contributed by atoms with van der Waals surface area (Å²) in [6.45, 7) is 5.06. The van der Waals surface area contributed by atoms with Crippen LogP contribution in [0.4, 0.5) is 4.39 Å². The molecule has 0 aromatic heterocycles. The zero-order chi connectivity index (χ0) is 13.9. The molecule has 0 saturated carbocycles. The van der Waals surface area contributed by atoms with Crippen LogP contribution in [0.5, 0.6) is 0 Å². The SMILES string of the molecule is Cc1cc(F)ccc1C(=O)NC(C)(C)CC(N)=O. The molecule has 5 heteroatoms. The Morgan fingerprint density at radius 1 is 1.39 bits per heavy atom. The van der Waals surface area contributed by atoms with Gasteiger partial charge in [0.1, 0.15) is 5.82 Å². The van der Waals surface area contributed by atoms with Gasteiger partial charge in [-0.2, -0.15) is 0 Å². The van der Waals surface area contributed by atoms with E-state index in [2.05, 4.69) is 5.32 Å². The number of amides is 2. The van der Waals surface area contributed by atoms with Gasteiger partial charge in [0.05, 0.1) is 0 Å². The van der Waals surface area contributed by atoms with Crippen molar-refractivity contribution in [3.8, 4) is 0 Å². The Labute approximate surface area is 105 Å². The first-order chi connectivity index (χ1) is 8.21. The average Bonchev–Trinajstić information content (AvgIpc) is 2.13. The third-order valence-corrected chi connectivity index (χ3v) is 2.50. The number of halogens is 1. The highest BCUT2D eigenvalue weighted by atomic mass is 19.1. The summed E-state index contributed by atoms with van der Waals surface area (Å²) in [7, 11) is 0. The van der Waals surface area contributed by atoms with E-state index >= 15 is 0 Å². The van der Waals surface area contributed by atoms with E-state index in [9.17, 15) is 14.0 Å². The van der Waals surface area contributed by atoms with Crippen molar-refractivity contribution in [1.82, 2.24) is 5.32 Å². The van der Waals surface area contributed by atoms with Crippen molar-refractivity contribution in [2.24, 2.45) is 5.73 Å². The van der Waals surface area contributed by atoms with E-state index in [-0.39, 0.29) is 18.1 Å². The standard InChI is InChI=1S/C13H17FN2O2/c1-8-6-9(14)4-5-10(8)12(18)16-13(2,3)7-11(15)17/h4-6H,7H2,1-3H3,(H2,15,17)(H,16,18). The largest absolute Gasteiger partial charge is 0.370 e. The lowest BCUT2D eigenvalue weighted by atomic mass is 9.99. The number of hydrogen-bond donors (Lipinski definition) is 2. The van der Waals surface area contributed by atoms with Gasteiger partial charge in [-0.05, 0) is 44.5 Å². The zero-order valence-electron chi connectivity index (χ0n) is 10.7. The molecule has 0 aliphatic heterocycles. The molecule has 2 amide bonds.